The Kier molecular flexibility index (Phi) is 10.4. The van der Waals surface area contributed by atoms with E-state index >= 15 is 0 Å². The highest BCUT2D eigenvalue weighted by Crippen LogP contribution is 2.83. The van der Waals surface area contributed by atoms with Gasteiger partial charge in [0, 0.05) is 10.6 Å². The summed E-state index contributed by atoms with van der Waals surface area (Å²) in [6.45, 7) is -0.477. The van der Waals surface area contributed by atoms with Crippen LogP contribution in [-0.4, -0.2) is 19.7 Å². The number of aryl methyl sites for hydroxylation is 1. The molecule has 2 aliphatic carbocycles. The molecule has 2 aliphatic rings. The normalized spacial score (nSPS) is 17.6. The molecule has 0 heterocycles. The first-order valence-electron chi connectivity index (χ1n) is 15.4. The predicted molar refractivity (Wildman–Crippen MR) is 174 cm³/mol. The summed E-state index contributed by atoms with van der Waals surface area (Å²) >= 11 is 0. The molecule has 0 spiro atoms. The Balaban J connectivity index is 1.77. The molecule has 214 valence electrons. The quantitative estimate of drug-likeness (QED) is 0.220. The van der Waals surface area contributed by atoms with Gasteiger partial charge in [0.1, 0.15) is 0 Å². The standard InChI is InChI=1S/C34H45NO2P2S/c1-2-3-16-29-25-27-34(28-26-29)40(36,37)35-39(32-21-12-6-13-22-32,33-23-14-7-15-24-33)38(30-17-8-4-9-18-30)31-19-10-5-11-20-31/h6-7,12-15,21-28,30-31H,2-5,8-11,16-20H2,1H3. The third kappa shape index (κ3) is 6.67. The van der Waals surface area contributed by atoms with E-state index in [-0.39, 0.29) is 0 Å². The molecule has 0 N–H and O–H groups in total. The highest BCUT2D eigenvalue weighted by Gasteiger charge is 2.45. The molecule has 5 rings (SSSR count). The summed E-state index contributed by atoms with van der Waals surface area (Å²) in [5.74, 6) is 0. The Hall–Kier alpha value is -1.73. The summed E-state index contributed by atoms with van der Waals surface area (Å²) in [4.78, 5) is 0.339. The summed E-state index contributed by atoms with van der Waals surface area (Å²) in [5.41, 5.74) is 2.33. The summed E-state index contributed by atoms with van der Waals surface area (Å²) < 4.78 is 34.2. The van der Waals surface area contributed by atoms with Crippen molar-refractivity contribution < 1.29 is 8.42 Å². The van der Waals surface area contributed by atoms with Crippen LogP contribution in [0.25, 0.3) is 0 Å². The van der Waals surface area contributed by atoms with Crippen molar-refractivity contribution in [3.05, 3.63) is 90.5 Å². The average molecular weight is 594 g/mol. The van der Waals surface area contributed by atoms with Crippen LogP contribution in [0, 0.1) is 0 Å². The number of unbranched alkanes of at least 4 members (excludes halogenated alkanes) is 1. The van der Waals surface area contributed by atoms with Crippen molar-refractivity contribution in [2.24, 2.45) is 4.15 Å². The lowest BCUT2D eigenvalue weighted by Crippen LogP contribution is -2.27. The minimum absolute atomic E-state index is 0.339. The molecule has 0 aromatic heterocycles. The van der Waals surface area contributed by atoms with Crippen LogP contribution in [0.4, 0.5) is 0 Å². The smallest absolute Gasteiger partial charge is 0.199 e. The number of hydrogen-bond acceptors (Lipinski definition) is 2. The molecule has 0 unspecified atom stereocenters. The molecule has 40 heavy (non-hydrogen) atoms. The first-order chi connectivity index (χ1) is 19.5. The van der Waals surface area contributed by atoms with E-state index in [2.05, 4.69) is 67.6 Å². The third-order valence-electron chi connectivity index (χ3n) is 8.73. The van der Waals surface area contributed by atoms with Gasteiger partial charge in [-0.3, -0.25) is 0 Å². The van der Waals surface area contributed by atoms with Gasteiger partial charge in [0.25, 0.3) is 10.0 Å². The second-order valence-electron chi connectivity index (χ2n) is 11.5. The van der Waals surface area contributed by atoms with E-state index in [1.54, 1.807) is 12.1 Å². The molecule has 2 saturated carbocycles. The van der Waals surface area contributed by atoms with Crippen molar-refractivity contribution in [3.63, 3.8) is 0 Å². The summed E-state index contributed by atoms with van der Waals surface area (Å²) in [6, 6.07) is 28.8. The van der Waals surface area contributed by atoms with E-state index in [4.69, 9.17) is 4.15 Å². The predicted octanol–water partition coefficient (Wildman–Crippen LogP) is 9.63. The fourth-order valence-electron chi connectivity index (χ4n) is 6.70. The highest BCUT2D eigenvalue weighted by atomic mass is 32.2. The molecule has 0 amide bonds. The SMILES string of the molecule is CCCCc1ccc(S(=O)(=O)N=P(c2ccccc2)(c2ccccc2)P(C2CCCCC2)C2CCCCC2)cc1. The molecule has 0 atom stereocenters. The molecule has 0 radical (unpaired) electrons. The first kappa shape index (κ1) is 29.8. The van der Waals surface area contributed by atoms with Crippen molar-refractivity contribution in [2.45, 2.75) is 107 Å². The van der Waals surface area contributed by atoms with Crippen LogP contribution in [0.15, 0.2) is 94.0 Å². The molecule has 6 heteroatoms. The van der Waals surface area contributed by atoms with Gasteiger partial charge in [0.05, 0.1) is 11.6 Å². The minimum atomic E-state index is -3.88. The van der Waals surface area contributed by atoms with Crippen molar-refractivity contribution in [1.82, 2.24) is 0 Å². The minimum Gasteiger partial charge on any atom is -0.199 e. The van der Waals surface area contributed by atoms with Gasteiger partial charge in [-0.25, -0.2) is 0 Å². The van der Waals surface area contributed by atoms with Crippen molar-refractivity contribution in [3.8, 4) is 0 Å². The molecule has 0 saturated heterocycles. The lowest BCUT2D eigenvalue weighted by molar-refractivity contribution is 0.488. The molecule has 0 aliphatic heterocycles. The largest absolute Gasteiger partial charge is 0.281 e. The van der Waals surface area contributed by atoms with Crippen molar-refractivity contribution >= 4 is 35.0 Å². The number of sulfonamides is 1. The van der Waals surface area contributed by atoms with Crippen LogP contribution in [0.3, 0.4) is 0 Å². The van der Waals surface area contributed by atoms with Gasteiger partial charge in [-0.2, -0.15) is 12.6 Å². The molecular formula is C34H45NO2P2S. The second kappa shape index (κ2) is 14.0. The summed E-state index contributed by atoms with van der Waals surface area (Å²) in [6.07, 6.45) is 15.7. The monoisotopic (exact) mass is 593 g/mol. The Labute approximate surface area is 244 Å². The van der Waals surface area contributed by atoms with Gasteiger partial charge >= 0.3 is 0 Å². The Morgan fingerprint density at radius 1 is 0.700 bits per heavy atom. The van der Waals surface area contributed by atoms with Crippen molar-refractivity contribution in [2.75, 3.05) is 0 Å². The Morgan fingerprint density at radius 3 is 1.62 bits per heavy atom. The lowest BCUT2D eigenvalue weighted by atomic mass is 10.00. The number of rotatable bonds is 10. The number of hydrogen-bond donors (Lipinski definition) is 0. The van der Waals surface area contributed by atoms with Gasteiger partial charge in [-0.1, -0.05) is 125 Å². The molecule has 2 fully saturated rings. The highest BCUT2D eigenvalue weighted by molar-refractivity contribution is 8.41. The topological polar surface area (TPSA) is 46.5 Å². The Morgan fingerprint density at radius 2 is 1.18 bits per heavy atom. The second-order valence-corrected chi connectivity index (χ2v) is 21.2. The van der Waals surface area contributed by atoms with Gasteiger partial charge in [-0.15, -0.1) is 0 Å². The molecule has 3 aromatic carbocycles. The van der Waals surface area contributed by atoms with Crippen LogP contribution in [0.5, 0.6) is 0 Å². The summed E-state index contributed by atoms with van der Waals surface area (Å²) in [7, 11) is -4.58. The van der Waals surface area contributed by atoms with Gasteiger partial charge in [0.15, 0.2) is 0 Å². The van der Waals surface area contributed by atoms with E-state index in [1.165, 1.54) is 69.8 Å². The molecule has 3 aromatic rings. The summed E-state index contributed by atoms with van der Waals surface area (Å²) in [5, 5.41) is 2.29. The van der Waals surface area contributed by atoms with Crippen LogP contribution >= 0.6 is 14.4 Å². The van der Waals surface area contributed by atoms with E-state index in [0.717, 1.165) is 29.9 Å². The third-order valence-corrected chi connectivity index (χ3v) is 22.6. The van der Waals surface area contributed by atoms with Crippen LogP contribution < -0.4 is 10.6 Å². The maximum atomic E-state index is 14.5. The van der Waals surface area contributed by atoms with Crippen molar-refractivity contribution in [1.29, 1.82) is 0 Å². The number of benzene rings is 3. The zero-order valence-electron chi connectivity index (χ0n) is 24.0. The zero-order valence-corrected chi connectivity index (χ0v) is 26.6. The fourth-order valence-corrected chi connectivity index (χ4v) is 23.5. The molecular weight excluding hydrogens is 548 g/mol. The zero-order chi connectivity index (χ0) is 27.8. The van der Waals surface area contributed by atoms with Crippen LogP contribution in [0.2, 0.25) is 0 Å². The van der Waals surface area contributed by atoms with Crippen LogP contribution in [-0.2, 0) is 16.4 Å². The van der Waals surface area contributed by atoms with Gasteiger partial charge in [0.2, 0.25) is 0 Å². The van der Waals surface area contributed by atoms with E-state index < -0.39 is 24.4 Å². The lowest BCUT2D eigenvalue weighted by Gasteiger charge is -2.46. The molecule has 3 nitrogen and oxygen atoms in total. The fraction of sp³-hybridized carbons (Fsp3) is 0.471. The van der Waals surface area contributed by atoms with Gasteiger partial charge < -0.3 is 0 Å². The van der Waals surface area contributed by atoms with E-state index in [0.29, 0.717) is 16.2 Å². The number of nitrogens with zero attached hydrogens (tertiary/aromatic N) is 1. The maximum absolute atomic E-state index is 14.5. The van der Waals surface area contributed by atoms with Gasteiger partial charge in [-0.05, 0) is 75.1 Å². The van der Waals surface area contributed by atoms with E-state index in [1.807, 2.05) is 12.1 Å². The average Bonchev–Trinajstić information content (AvgIpc) is 3.02. The Bertz CT molecular complexity index is 1300. The maximum Gasteiger partial charge on any atom is 0.281 e. The molecule has 0 bridgehead atoms. The van der Waals surface area contributed by atoms with Crippen LogP contribution in [0.1, 0.15) is 89.5 Å². The first-order valence-corrected chi connectivity index (χ1v) is 20.8. The van der Waals surface area contributed by atoms with E-state index in [9.17, 15) is 8.42 Å².